The number of H-pyrrole nitrogens is 2. The first-order valence-corrected chi connectivity index (χ1v) is 21.1. The second-order valence-corrected chi connectivity index (χ2v) is 17.4. The van der Waals surface area contributed by atoms with Crippen molar-refractivity contribution in [3.05, 3.63) is 71.8 Å². The Morgan fingerprint density at radius 1 is 0.629 bits per heavy atom. The largest absolute Gasteiger partial charge is 0.465 e. The van der Waals surface area contributed by atoms with Gasteiger partial charge in [0.2, 0.25) is 11.8 Å². The molecule has 16 heteroatoms. The number of hydrogen-bond acceptors (Lipinski definition) is 10. The predicted octanol–water partition coefficient (Wildman–Crippen LogP) is 7.14. The molecular weight excluding hydrogens is 793 g/mol. The lowest BCUT2D eigenvalue weighted by Gasteiger charge is -2.30. The normalized spacial score (nSPS) is 19.9. The molecule has 4 heterocycles. The van der Waals surface area contributed by atoms with Crippen LogP contribution in [0.2, 0.25) is 0 Å². The number of nitrogens with zero attached hydrogens (tertiary/aromatic N) is 4. The maximum Gasteiger partial charge on any atom is 0.407 e. The van der Waals surface area contributed by atoms with Crippen molar-refractivity contribution in [2.45, 2.75) is 78.6 Å². The minimum Gasteiger partial charge on any atom is -0.465 e. The number of nitrogens with one attached hydrogen (secondary N) is 4. The second kappa shape index (κ2) is 17.9. The van der Waals surface area contributed by atoms with Crippen LogP contribution in [0.25, 0.3) is 44.3 Å². The molecule has 2 saturated heterocycles. The Morgan fingerprint density at radius 3 is 1.52 bits per heavy atom. The fourth-order valence-electron chi connectivity index (χ4n) is 8.83. The number of benzene rings is 3. The highest BCUT2D eigenvalue weighted by Crippen LogP contribution is 2.39. The van der Waals surface area contributed by atoms with Crippen LogP contribution in [0.1, 0.15) is 88.5 Å². The first kappa shape index (κ1) is 43.6. The molecule has 0 radical (unpaired) electrons. The van der Waals surface area contributed by atoms with E-state index in [9.17, 15) is 24.0 Å². The molecule has 4 amide bonds. The molecule has 0 aliphatic carbocycles. The maximum absolute atomic E-state index is 13.9. The number of imidazole rings is 2. The van der Waals surface area contributed by atoms with Gasteiger partial charge in [0.1, 0.15) is 23.7 Å². The Balaban J connectivity index is 1.16. The van der Waals surface area contributed by atoms with Crippen LogP contribution >= 0.6 is 0 Å². The van der Waals surface area contributed by atoms with E-state index < -0.39 is 30.2 Å². The zero-order valence-corrected chi connectivity index (χ0v) is 36.7. The first-order valence-electron chi connectivity index (χ1n) is 21.1. The standard InChI is InChI=1S/C46H56N8O8/c1-23(2)38(51-45(58)61-8)42(55)53-21-25(5)16-36(53)40-47-32-14-11-28(19-34(32)49-40)27-10-13-30(31(18-27)44(57)60-7)29-12-15-33-35(20-29)50-41(48-33)37-17-26(6)22-54(37)43(56)39(24(3)4)52-46(59)62-9/h10-15,18-20,23-26,36-39H,16-17,21-22H2,1-9H3,(H,47,49)(H,48,50)(H,51,58)(H,52,59)/t25-,26-,36-,37-,38-,39-/m0/s1. The molecule has 0 saturated carbocycles. The molecule has 2 fully saturated rings. The molecule has 6 atom stereocenters. The van der Waals surface area contributed by atoms with Crippen molar-refractivity contribution in [1.29, 1.82) is 0 Å². The third-order valence-electron chi connectivity index (χ3n) is 12.1. The van der Waals surface area contributed by atoms with Crippen molar-refractivity contribution in [2.75, 3.05) is 34.4 Å². The zero-order chi connectivity index (χ0) is 44.6. The van der Waals surface area contributed by atoms with Crippen LogP contribution in [0.15, 0.2) is 54.6 Å². The number of carbonyl (C=O) groups is 5. The summed E-state index contributed by atoms with van der Waals surface area (Å²) >= 11 is 0. The Kier molecular flexibility index (Phi) is 12.6. The van der Waals surface area contributed by atoms with E-state index in [0.29, 0.717) is 54.2 Å². The molecule has 3 aromatic carbocycles. The van der Waals surface area contributed by atoms with E-state index in [1.807, 2.05) is 82.3 Å². The SMILES string of the molecule is COC(=O)N[C@H](C(=O)N1C[C@@H](C)C[C@H]1c1nc2ccc(-c3ccc(-c4ccc5nc([C@@H]6C[C@H](C)CN6C(=O)[C@@H](NC(=O)OC)C(C)C)[nH]c5c4)c(C(=O)OC)c3)cc2[nH]1)C(C)C. The molecule has 62 heavy (non-hydrogen) atoms. The highest BCUT2D eigenvalue weighted by molar-refractivity contribution is 6.00. The topological polar surface area (TPSA) is 201 Å². The quantitative estimate of drug-likeness (QED) is 0.0782. The highest BCUT2D eigenvalue weighted by atomic mass is 16.5. The van der Waals surface area contributed by atoms with Gasteiger partial charge < -0.3 is 44.6 Å². The van der Waals surface area contributed by atoms with Crippen molar-refractivity contribution < 1.29 is 38.2 Å². The smallest absolute Gasteiger partial charge is 0.407 e. The summed E-state index contributed by atoms with van der Waals surface area (Å²) in [6, 6.07) is 15.1. The minimum atomic E-state index is -0.754. The monoisotopic (exact) mass is 848 g/mol. The van der Waals surface area contributed by atoms with E-state index >= 15 is 0 Å². The number of fused-ring (bicyclic) bond motifs is 2. The van der Waals surface area contributed by atoms with Crippen molar-refractivity contribution in [2.24, 2.45) is 23.7 Å². The lowest BCUT2D eigenvalue weighted by atomic mass is 9.94. The molecule has 7 rings (SSSR count). The van der Waals surface area contributed by atoms with E-state index in [1.54, 1.807) is 9.80 Å². The van der Waals surface area contributed by atoms with E-state index in [1.165, 1.54) is 21.3 Å². The summed E-state index contributed by atoms with van der Waals surface area (Å²) in [4.78, 5) is 85.6. The van der Waals surface area contributed by atoms with Crippen molar-refractivity contribution in [1.82, 2.24) is 40.4 Å². The number of aromatic nitrogens is 4. The molecule has 2 aromatic heterocycles. The van der Waals surface area contributed by atoms with E-state index in [0.717, 1.165) is 33.2 Å². The highest BCUT2D eigenvalue weighted by Gasteiger charge is 2.42. The van der Waals surface area contributed by atoms with Crippen LogP contribution in [0.5, 0.6) is 0 Å². The van der Waals surface area contributed by atoms with Gasteiger partial charge in [-0.1, -0.05) is 65.8 Å². The summed E-state index contributed by atoms with van der Waals surface area (Å²) in [7, 11) is 3.91. The van der Waals surface area contributed by atoms with Gasteiger partial charge in [0.15, 0.2) is 0 Å². The molecule has 16 nitrogen and oxygen atoms in total. The number of likely N-dealkylation sites (tertiary alicyclic amines) is 2. The molecule has 0 bridgehead atoms. The van der Waals surface area contributed by atoms with Crippen LogP contribution in [-0.4, -0.2) is 106 Å². The molecule has 4 N–H and O–H groups in total. The van der Waals surface area contributed by atoms with E-state index in [4.69, 9.17) is 24.2 Å². The fourth-order valence-corrected chi connectivity index (χ4v) is 8.83. The number of amides is 4. The van der Waals surface area contributed by atoms with Gasteiger partial charge in [0.05, 0.1) is 61.0 Å². The number of carbonyl (C=O) groups excluding carboxylic acids is 5. The van der Waals surface area contributed by atoms with Crippen LogP contribution in [0.4, 0.5) is 9.59 Å². The van der Waals surface area contributed by atoms with Crippen molar-refractivity contribution in [3.8, 4) is 22.3 Å². The predicted molar refractivity (Wildman–Crippen MR) is 233 cm³/mol. The Bertz CT molecular complexity index is 2510. The molecule has 0 unspecified atom stereocenters. The molecule has 5 aromatic rings. The van der Waals surface area contributed by atoms with Crippen LogP contribution in [0.3, 0.4) is 0 Å². The summed E-state index contributed by atoms with van der Waals surface area (Å²) in [5, 5.41) is 5.41. The van der Waals surface area contributed by atoms with Gasteiger partial charge in [-0.05, 0) is 89.1 Å². The lowest BCUT2D eigenvalue weighted by molar-refractivity contribution is -0.136. The van der Waals surface area contributed by atoms with Crippen LogP contribution in [0, 0.1) is 23.7 Å². The number of hydrogen-bond donors (Lipinski definition) is 4. The van der Waals surface area contributed by atoms with Gasteiger partial charge >= 0.3 is 18.2 Å². The average molecular weight is 849 g/mol. The van der Waals surface area contributed by atoms with E-state index in [2.05, 4.69) is 34.4 Å². The third kappa shape index (κ3) is 8.68. The number of alkyl carbamates (subject to hydrolysis) is 2. The molecule has 0 spiro atoms. The Hall–Kier alpha value is -6.45. The zero-order valence-electron chi connectivity index (χ0n) is 36.7. The van der Waals surface area contributed by atoms with Crippen LogP contribution in [-0.2, 0) is 23.8 Å². The number of ether oxygens (including phenoxy) is 3. The molecule has 328 valence electrons. The van der Waals surface area contributed by atoms with Gasteiger partial charge in [-0.3, -0.25) is 9.59 Å². The van der Waals surface area contributed by atoms with Crippen molar-refractivity contribution >= 4 is 52.0 Å². The van der Waals surface area contributed by atoms with Gasteiger partial charge in [-0.15, -0.1) is 0 Å². The fraction of sp³-hybridized carbons (Fsp3) is 0.457. The average Bonchev–Trinajstić information content (AvgIpc) is 4.07. The van der Waals surface area contributed by atoms with Gasteiger partial charge in [-0.25, -0.2) is 24.4 Å². The summed E-state index contributed by atoms with van der Waals surface area (Å²) in [6.45, 7) is 12.8. The lowest BCUT2D eigenvalue weighted by Crippen LogP contribution is -2.51. The number of aromatic amines is 2. The molecule has 2 aliphatic rings. The minimum absolute atomic E-state index is 0.155. The maximum atomic E-state index is 13.9. The van der Waals surface area contributed by atoms with Crippen LogP contribution < -0.4 is 10.6 Å². The summed E-state index contributed by atoms with van der Waals surface area (Å²) < 4.78 is 14.9. The Labute approximate surface area is 360 Å². The summed E-state index contributed by atoms with van der Waals surface area (Å²) in [5.41, 5.74) is 6.43. The summed E-state index contributed by atoms with van der Waals surface area (Å²) in [5.74, 6) is 0.568. The van der Waals surface area contributed by atoms with E-state index in [-0.39, 0.29) is 47.6 Å². The van der Waals surface area contributed by atoms with Gasteiger partial charge in [0.25, 0.3) is 0 Å². The van der Waals surface area contributed by atoms with Gasteiger partial charge in [0, 0.05) is 13.1 Å². The van der Waals surface area contributed by atoms with Gasteiger partial charge in [-0.2, -0.15) is 0 Å². The molecular formula is C46H56N8O8. The summed E-state index contributed by atoms with van der Waals surface area (Å²) in [6.07, 6.45) is 0.103. The number of rotatable bonds is 11. The van der Waals surface area contributed by atoms with Crippen molar-refractivity contribution in [3.63, 3.8) is 0 Å². The number of methoxy groups -OCH3 is 3. The second-order valence-electron chi connectivity index (χ2n) is 17.4. The first-order chi connectivity index (χ1) is 29.6. The Morgan fingerprint density at radius 2 is 1.06 bits per heavy atom. The third-order valence-corrected chi connectivity index (χ3v) is 12.1. The number of esters is 1. The molecule has 2 aliphatic heterocycles.